The van der Waals surface area contributed by atoms with Gasteiger partial charge in [-0.05, 0) is 13.8 Å². The van der Waals surface area contributed by atoms with Gasteiger partial charge in [0, 0.05) is 45.3 Å². The predicted molar refractivity (Wildman–Crippen MR) is 79.1 cm³/mol. The van der Waals surface area contributed by atoms with Gasteiger partial charge in [0.25, 0.3) is 5.91 Å². The lowest BCUT2D eigenvalue weighted by Crippen LogP contribution is -2.48. The van der Waals surface area contributed by atoms with Gasteiger partial charge in [0.15, 0.2) is 0 Å². The van der Waals surface area contributed by atoms with Crippen molar-refractivity contribution in [1.82, 2.24) is 19.8 Å². The summed E-state index contributed by atoms with van der Waals surface area (Å²) in [5.41, 5.74) is 0.409. The fourth-order valence-corrected chi connectivity index (χ4v) is 2.38. The number of hydrogen-bond acceptors (Lipinski definition) is 5. The maximum absolute atomic E-state index is 12.5. The summed E-state index contributed by atoms with van der Waals surface area (Å²) in [5.74, 6) is 0.668. The van der Waals surface area contributed by atoms with Crippen LogP contribution in [0.2, 0.25) is 0 Å². The molecule has 0 radical (unpaired) electrons. The zero-order chi connectivity index (χ0) is 15.2. The number of carbonyl (C=O) groups is 2. The summed E-state index contributed by atoms with van der Waals surface area (Å²) < 4.78 is 0. The van der Waals surface area contributed by atoms with Crippen LogP contribution in [-0.4, -0.2) is 71.4 Å². The van der Waals surface area contributed by atoms with E-state index in [1.807, 2.05) is 13.8 Å². The highest BCUT2D eigenvalue weighted by molar-refractivity contribution is 5.93. The molecule has 0 aliphatic carbocycles. The molecule has 114 valence electrons. The van der Waals surface area contributed by atoms with Crippen LogP contribution in [0.5, 0.6) is 0 Å². The van der Waals surface area contributed by atoms with Crippen molar-refractivity contribution >= 4 is 18.1 Å². The molecule has 0 unspecified atom stereocenters. The highest BCUT2D eigenvalue weighted by Gasteiger charge is 2.22. The second kappa shape index (κ2) is 7.01. The Morgan fingerprint density at radius 3 is 2.48 bits per heavy atom. The average molecular weight is 291 g/mol. The minimum Gasteiger partial charge on any atom is -0.357 e. The second-order valence-electron chi connectivity index (χ2n) is 4.87. The first kappa shape index (κ1) is 15.2. The monoisotopic (exact) mass is 291 g/mol. The number of aromatic nitrogens is 2. The van der Waals surface area contributed by atoms with Crippen LogP contribution in [0.15, 0.2) is 12.4 Å². The van der Waals surface area contributed by atoms with Gasteiger partial charge in [-0.25, -0.2) is 9.97 Å². The molecular formula is C14H21N5O2. The molecule has 0 spiro atoms. The molecule has 1 fully saturated rings. The van der Waals surface area contributed by atoms with Crippen LogP contribution in [0.3, 0.4) is 0 Å². The molecule has 7 heteroatoms. The Morgan fingerprint density at radius 2 is 1.90 bits per heavy atom. The standard InChI is InChI=1S/C14H21N5O2/c1-3-18(4-2)13-9-12(15-10-16-13)14(21)19-7-5-17(11-20)6-8-19/h9-11H,3-8H2,1-2H3. The van der Waals surface area contributed by atoms with Gasteiger partial charge in [0.2, 0.25) is 6.41 Å². The maximum Gasteiger partial charge on any atom is 0.272 e. The van der Waals surface area contributed by atoms with E-state index in [1.54, 1.807) is 15.9 Å². The lowest BCUT2D eigenvalue weighted by Gasteiger charge is -2.32. The van der Waals surface area contributed by atoms with E-state index in [-0.39, 0.29) is 5.91 Å². The van der Waals surface area contributed by atoms with Crippen LogP contribution >= 0.6 is 0 Å². The van der Waals surface area contributed by atoms with Gasteiger partial charge in [0.05, 0.1) is 0 Å². The first-order valence-corrected chi connectivity index (χ1v) is 7.25. The molecule has 2 heterocycles. The largest absolute Gasteiger partial charge is 0.357 e. The molecule has 2 amide bonds. The topological polar surface area (TPSA) is 69.6 Å². The SMILES string of the molecule is CCN(CC)c1cc(C(=O)N2CCN(C=O)CC2)ncn1. The van der Waals surface area contributed by atoms with Gasteiger partial charge < -0.3 is 14.7 Å². The third kappa shape index (κ3) is 3.48. The Morgan fingerprint density at radius 1 is 1.24 bits per heavy atom. The third-order valence-electron chi connectivity index (χ3n) is 3.71. The number of nitrogens with zero attached hydrogens (tertiary/aromatic N) is 5. The molecular weight excluding hydrogens is 270 g/mol. The van der Waals surface area contributed by atoms with E-state index in [2.05, 4.69) is 14.9 Å². The Kier molecular flexibility index (Phi) is 5.08. The normalized spacial score (nSPS) is 15.0. The lowest BCUT2D eigenvalue weighted by atomic mass is 10.2. The molecule has 21 heavy (non-hydrogen) atoms. The minimum absolute atomic E-state index is 0.101. The van der Waals surface area contributed by atoms with E-state index in [1.165, 1.54) is 6.33 Å². The summed E-state index contributed by atoms with van der Waals surface area (Å²) in [5, 5.41) is 0. The van der Waals surface area contributed by atoms with E-state index >= 15 is 0 Å². The fourth-order valence-electron chi connectivity index (χ4n) is 2.38. The average Bonchev–Trinajstić information content (AvgIpc) is 2.56. The van der Waals surface area contributed by atoms with Crippen LogP contribution in [0.1, 0.15) is 24.3 Å². The zero-order valence-corrected chi connectivity index (χ0v) is 12.5. The summed E-state index contributed by atoms with van der Waals surface area (Å²) in [6.07, 6.45) is 2.26. The molecule has 0 atom stereocenters. The third-order valence-corrected chi connectivity index (χ3v) is 3.71. The Hall–Kier alpha value is -2.18. The van der Waals surface area contributed by atoms with Crippen LogP contribution in [-0.2, 0) is 4.79 Å². The van der Waals surface area contributed by atoms with Crippen molar-refractivity contribution in [3.8, 4) is 0 Å². The molecule has 1 aliphatic heterocycles. The van der Waals surface area contributed by atoms with E-state index in [0.717, 1.165) is 25.3 Å². The van der Waals surface area contributed by atoms with E-state index < -0.39 is 0 Å². The molecule has 0 aromatic carbocycles. The first-order valence-electron chi connectivity index (χ1n) is 7.25. The van der Waals surface area contributed by atoms with E-state index in [4.69, 9.17) is 0 Å². The summed E-state index contributed by atoms with van der Waals surface area (Å²) >= 11 is 0. The van der Waals surface area contributed by atoms with Gasteiger partial charge in [-0.1, -0.05) is 0 Å². The summed E-state index contributed by atoms with van der Waals surface area (Å²) in [6, 6.07) is 1.74. The van der Waals surface area contributed by atoms with Crippen LogP contribution in [0.25, 0.3) is 0 Å². The van der Waals surface area contributed by atoms with Crippen LogP contribution < -0.4 is 4.90 Å². The van der Waals surface area contributed by atoms with Crippen LogP contribution in [0.4, 0.5) is 5.82 Å². The van der Waals surface area contributed by atoms with Crippen LogP contribution in [0, 0.1) is 0 Å². The molecule has 1 aliphatic rings. The van der Waals surface area contributed by atoms with Crippen molar-refractivity contribution in [3.63, 3.8) is 0 Å². The maximum atomic E-state index is 12.5. The van der Waals surface area contributed by atoms with Gasteiger partial charge >= 0.3 is 0 Å². The number of amides is 2. The van der Waals surface area contributed by atoms with Gasteiger partial charge in [0.1, 0.15) is 17.8 Å². The summed E-state index contributed by atoms with van der Waals surface area (Å²) in [4.78, 5) is 36.9. The quantitative estimate of drug-likeness (QED) is 0.727. The van der Waals surface area contributed by atoms with Crippen molar-refractivity contribution in [2.75, 3.05) is 44.2 Å². The first-order chi connectivity index (χ1) is 10.2. The van der Waals surface area contributed by atoms with Crippen molar-refractivity contribution in [3.05, 3.63) is 18.1 Å². The number of piperazine rings is 1. The van der Waals surface area contributed by atoms with Crippen molar-refractivity contribution in [2.45, 2.75) is 13.8 Å². The molecule has 2 rings (SSSR count). The second-order valence-corrected chi connectivity index (χ2v) is 4.87. The lowest BCUT2D eigenvalue weighted by molar-refractivity contribution is -0.119. The molecule has 7 nitrogen and oxygen atoms in total. The highest BCUT2D eigenvalue weighted by Crippen LogP contribution is 2.13. The smallest absolute Gasteiger partial charge is 0.272 e. The Balaban J connectivity index is 2.09. The van der Waals surface area contributed by atoms with E-state index in [9.17, 15) is 9.59 Å². The van der Waals surface area contributed by atoms with Gasteiger partial charge in [-0.3, -0.25) is 9.59 Å². The molecule has 0 bridgehead atoms. The number of hydrogen-bond donors (Lipinski definition) is 0. The molecule has 1 aromatic rings. The van der Waals surface area contributed by atoms with Crippen molar-refractivity contribution < 1.29 is 9.59 Å². The van der Waals surface area contributed by atoms with Gasteiger partial charge in [-0.2, -0.15) is 0 Å². The number of rotatable bonds is 5. The molecule has 1 saturated heterocycles. The van der Waals surface area contributed by atoms with Crippen molar-refractivity contribution in [2.24, 2.45) is 0 Å². The molecule has 1 aromatic heterocycles. The number of carbonyl (C=O) groups excluding carboxylic acids is 2. The zero-order valence-electron chi connectivity index (χ0n) is 12.5. The highest BCUT2D eigenvalue weighted by atomic mass is 16.2. The van der Waals surface area contributed by atoms with Crippen molar-refractivity contribution in [1.29, 1.82) is 0 Å². The van der Waals surface area contributed by atoms with E-state index in [0.29, 0.717) is 31.9 Å². The molecule has 0 saturated carbocycles. The Bertz CT molecular complexity index is 496. The summed E-state index contributed by atoms with van der Waals surface area (Å²) in [6.45, 7) is 7.99. The summed E-state index contributed by atoms with van der Waals surface area (Å²) in [7, 11) is 0. The molecule has 0 N–H and O–H groups in total. The minimum atomic E-state index is -0.101. The predicted octanol–water partition coefficient (Wildman–Crippen LogP) is 0.237. The Labute approximate surface area is 124 Å². The number of anilines is 1. The van der Waals surface area contributed by atoms with Gasteiger partial charge in [-0.15, -0.1) is 0 Å². The fraction of sp³-hybridized carbons (Fsp3) is 0.571.